The number of nitrogens with zero attached hydrogens (tertiary/aromatic N) is 1. The number of allylic oxidation sites excluding steroid dienone is 1. The third-order valence-corrected chi connectivity index (χ3v) is 7.68. The number of ether oxygens (including phenoxy) is 1. The molecule has 4 amide bonds. The van der Waals surface area contributed by atoms with Gasteiger partial charge in [-0.25, -0.2) is 13.2 Å². The van der Waals surface area contributed by atoms with E-state index >= 15 is 0 Å². The average Bonchev–Trinajstić information content (AvgIpc) is 3.61. The molecule has 0 aromatic rings. The number of rotatable bonds is 5. The summed E-state index contributed by atoms with van der Waals surface area (Å²) < 4.78 is 31.6. The SMILES string of the molecule is CC(=O)OC[C@@H]1NC(=O)N(C)CCCCC=C[C@@H]2C[C@@]2(C(=O)NS(=O)(=O)C2CC2)NC1=O. The number of hydrogen-bond donors (Lipinski definition) is 3. The van der Waals surface area contributed by atoms with Crippen molar-refractivity contribution in [3.05, 3.63) is 12.2 Å². The van der Waals surface area contributed by atoms with Gasteiger partial charge in [0.15, 0.2) is 0 Å². The van der Waals surface area contributed by atoms with Gasteiger partial charge in [0.2, 0.25) is 15.9 Å². The Morgan fingerprint density at radius 1 is 1.28 bits per heavy atom. The number of hydrogen-bond acceptors (Lipinski definition) is 7. The van der Waals surface area contributed by atoms with Gasteiger partial charge in [-0.05, 0) is 38.5 Å². The van der Waals surface area contributed by atoms with Crippen molar-refractivity contribution in [3.8, 4) is 0 Å². The van der Waals surface area contributed by atoms with Crippen molar-refractivity contribution in [1.82, 2.24) is 20.3 Å². The van der Waals surface area contributed by atoms with E-state index in [4.69, 9.17) is 4.74 Å². The standard InChI is InChI=1S/C20H30N4O7S/c1-13(25)31-12-16-17(26)22-20(18(27)23-32(29,30)15-8-9-15)11-14(20)7-5-3-4-6-10-24(2)19(28)21-16/h5,7,14-16H,3-4,6,8-12H2,1-2H3,(H,21,28)(H,22,26)(H,23,27)/t14-,16+,20-/m1/s1. The first-order chi connectivity index (χ1) is 15.0. The molecule has 3 rings (SSSR count). The highest BCUT2D eigenvalue weighted by Gasteiger charge is 2.61. The number of fused-ring (bicyclic) bond motifs is 1. The Hall–Kier alpha value is -2.63. The maximum Gasteiger partial charge on any atom is 0.317 e. The molecule has 178 valence electrons. The molecule has 0 saturated heterocycles. The summed E-state index contributed by atoms with van der Waals surface area (Å²) in [6.07, 6.45) is 7.24. The van der Waals surface area contributed by atoms with E-state index in [1.807, 2.05) is 12.2 Å². The molecule has 3 aliphatic rings. The summed E-state index contributed by atoms with van der Waals surface area (Å²) in [5.41, 5.74) is -1.44. The lowest BCUT2D eigenvalue weighted by molar-refractivity contribution is -0.143. The summed E-state index contributed by atoms with van der Waals surface area (Å²) in [5, 5.41) is 4.56. The van der Waals surface area contributed by atoms with Crippen LogP contribution in [0.5, 0.6) is 0 Å². The first-order valence-electron chi connectivity index (χ1n) is 10.7. The van der Waals surface area contributed by atoms with Crippen LogP contribution in [0.4, 0.5) is 4.79 Å². The van der Waals surface area contributed by atoms with Crippen LogP contribution in [0.25, 0.3) is 0 Å². The van der Waals surface area contributed by atoms with Gasteiger partial charge in [0.1, 0.15) is 18.2 Å². The molecule has 0 bridgehead atoms. The van der Waals surface area contributed by atoms with Crippen molar-refractivity contribution >= 4 is 33.8 Å². The Labute approximate surface area is 187 Å². The van der Waals surface area contributed by atoms with Crippen LogP contribution in [0.15, 0.2) is 12.2 Å². The topological polar surface area (TPSA) is 151 Å². The Morgan fingerprint density at radius 3 is 2.66 bits per heavy atom. The highest BCUT2D eigenvalue weighted by atomic mass is 32.2. The molecule has 0 aromatic carbocycles. The predicted octanol–water partition coefficient (Wildman–Crippen LogP) is -0.217. The second-order valence-corrected chi connectivity index (χ2v) is 10.6. The first-order valence-corrected chi connectivity index (χ1v) is 12.3. The van der Waals surface area contributed by atoms with Crippen LogP contribution < -0.4 is 15.4 Å². The third kappa shape index (κ3) is 5.78. The fourth-order valence-electron chi connectivity index (χ4n) is 3.59. The van der Waals surface area contributed by atoms with E-state index in [0.717, 1.165) is 19.3 Å². The number of carbonyl (C=O) groups excluding carboxylic acids is 4. The summed E-state index contributed by atoms with van der Waals surface area (Å²) >= 11 is 0. The van der Waals surface area contributed by atoms with Crippen molar-refractivity contribution < 1.29 is 32.3 Å². The van der Waals surface area contributed by atoms with Crippen LogP contribution in [-0.4, -0.2) is 74.2 Å². The maximum atomic E-state index is 13.0. The van der Waals surface area contributed by atoms with Gasteiger partial charge in [-0.1, -0.05) is 12.2 Å². The molecule has 0 unspecified atom stereocenters. The van der Waals surface area contributed by atoms with Crippen molar-refractivity contribution in [2.24, 2.45) is 5.92 Å². The van der Waals surface area contributed by atoms with E-state index in [2.05, 4.69) is 15.4 Å². The van der Waals surface area contributed by atoms with Gasteiger partial charge in [-0.2, -0.15) is 0 Å². The van der Waals surface area contributed by atoms with E-state index < -0.39 is 57.3 Å². The highest BCUT2D eigenvalue weighted by molar-refractivity contribution is 7.91. The smallest absolute Gasteiger partial charge is 0.317 e. The zero-order valence-corrected chi connectivity index (χ0v) is 19.1. The van der Waals surface area contributed by atoms with E-state index in [1.165, 1.54) is 11.8 Å². The van der Waals surface area contributed by atoms with Crippen LogP contribution in [-0.2, 0) is 29.1 Å². The van der Waals surface area contributed by atoms with Gasteiger partial charge in [0, 0.05) is 26.4 Å². The molecule has 0 radical (unpaired) electrons. The normalized spacial score (nSPS) is 29.1. The lowest BCUT2D eigenvalue weighted by atomic mass is 10.1. The predicted molar refractivity (Wildman–Crippen MR) is 114 cm³/mol. The Balaban J connectivity index is 1.83. The number of carbonyl (C=O) groups is 4. The largest absolute Gasteiger partial charge is 0.463 e. The number of nitrogens with one attached hydrogen (secondary N) is 3. The summed E-state index contributed by atoms with van der Waals surface area (Å²) in [7, 11) is -2.21. The van der Waals surface area contributed by atoms with Gasteiger partial charge < -0.3 is 20.3 Å². The second-order valence-electron chi connectivity index (χ2n) is 8.60. The first kappa shape index (κ1) is 24.0. The van der Waals surface area contributed by atoms with Gasteiger partial charge in [-0.15, -0.1) is 0 Å². The molecule has 0 spiro atoms. The molecule has 0 aromatic heterocycles. The second kappa shape index (κ2) is 9.47. The lowest BCUT2D eigenvalue weighted by Gasteiger charge is -2.25. The molecular weight excluding hydrogens is 440 g/mol. The average molecular weight is 471 g/mol. The van der Waals surface area contributed by atoms with Crippen LogP contribution >= 0.6 is 0 Å². The lowest BCUT2D eigenvalue weighted by Crippen LogP contribution is -2.59. The fraction of sp³-hybridized carbons (Fsp3) is 0.700. The summed E-state index contributed by atoms with van der Waals surface area (Å²) in [6, 6.07) is -1.77. The third-order valence-electron chi connectivity index (χ3n) is 5.86. The quantitative estimate of drug-likeness (QED) is 0.371. The zero-order valence-electron chi connectivity index (χ0n) is 18.3. The van der Waals surface area contributed by atoms with Crippen LogP contribution in [0, 0.1) is 5.92 Å². The number of amides is 4. The molecule has 32 heavy (non-hydrogen) atoms. The minimum absolute atomic E-state index is 0.232. The Morgan fingerprint density at radius 2 is 2.00 bits per heavy atom. The van der Waals surface area contributed by atoms with Crippen LogP contribution in [0.3, 0.4) is 0 Å². The Kier molecular flexibility index (Phi) is 7.11. The van der Waals surface area contributed by atoms with E-state index in [1.54, 1.807) is 7.05 Å². The number of urea groups is 1. The van der Waals surface area contributed by atoms with Crippen LogP contribution in [0.1, 0.15) is 45.4 Å². The molecule has 12 heteroatoms. The van der Waals surface area contributed by atoms with Crippen molar-refractivity contribution in [2.45, 2.75) is 62.3 Å². The van der Waals surface area contributed by atoms with Gasteiger partial charge >= 0.3 is 12.0 Å². The fourth-order valence-corrected chi connectivity index (χ4v) is 4.95. The molecule has 2 saturated carbocycles. The molecule has 3 atom stereocenters. The zero-order chi connectivity index (χ0) is 23.5. The van der Waals surface area contributed by atoms with E-state index in [0.29, 0.717) is 19.4 Å². The Bertz CT molecular complexity index is 915. The monoisotopic (exact) mass is 470 g/mol. The molecule has 11 nitrogen and oxygen atoms in total. The minimum atomic E-state index is -3.80. The highest BCUT2D eigenvalue weighted by Crippen LogP contribution is 2.45. The van der Waals surface area contributed by atoms with Crippen molar-refractivity contribution in [1.29, 1.82) is 0 Å². The minimum Gasteiger partial charge on any atom is -0.463 e. The molecule has 1 heterocycles. The van der Waals surface area contributed by atoms with Crippen molar-refractivity contribution in [3.63, 3.8) is 0 Å². The van der Waals surface area contributed by atoms with Gasteiger partial charge in [-0.3, -0.25) is 19.1 Å². The molecule has 1 aliphatic heterocycles. The summed E-state index contributed by atoms with van der Waals surface area (Å²) in [5.74, 6) is -2.54. The summed E-state index contributed by atoms with van der Waals surface area (Å²) in [6.45, 7) is 1.24. The maximum absolute atomic E-state index is 13.0. The van der Waals surface area contributed by atoms with Gasteiger partial charge in [0.25, 0.3) is 5.91 Å². The molecular formula is C20H30N4O7S. The van der Waals surface area contributed by atoms with E-state index in [-0.39, 0.29) is 12.3 Å². The molecule has 2 aliphatic carbocycles. The molecule has 2 fully saturated rings. The summed E-state index contributed by atoms with van der Waals surface area (Å²) in [4.78, 5) is 51.1. The number of esters is 1. The number of sulfonamides is 1. The van der Waals surface area contributed by atoms with Gasteiger partial charge in [0.05, 0.1) is 5.25 Å². The van der Waals surface area contributed by atoms with Crippen LogP contribution in [0.2, 0.25) is 0 Å². The molecule has 3 N–H and O–H groups in total. The van der Waals surface area contributed by atoms with E-state index in [9.17, 15) is 27.6 Å². The van der Waals surface area contributed by atoms with Crippen molar-refractivity contribution in [2.75, 3.05) is 20.2 Å².